The molecule has 1 saturated heterocycles. The monoisotopic (exact) mass is 190 g/mol. The van der Waals surface area contributed by atoms with Gasteiger partial charge in [-0.1, -0.05) is 12.1 Å². The summed E-state index contributed by atoms with van der Waals surface area (Å²) in [5.74, 6) is 0.639. The molecular formula is C11H14N2O. The van der Waals surface area contributed by atoms with E-state index >= 15 is 0 Å². The van der Waals surface area contributed by atoms with Gasteiger partial charge in [-0.15, -0.1) is 0 Å². The second-order valence-electron chi connectivity index (χ2n) is 3.57. The van der Waals surface area contributed by atoms with Crippen LogP contribution in [0.2, 0.25) is 0 Å². The molecule has 1 aromatic rings. The Labute approximate surface area is 83.5 Å². The molecular weight excluding hydrogens is 176 g/mol. The van der Waals surface area contributed by atoms with Gasteiger partial charge in [0.2, 0.25) is 6.41 Å². The summed E-state index contributed by atoms with van der Waals surface area (Å²) >= 11 is 0. The summed E-state index contributed by atoms with van der Waals surface area (Å²) in [5.41, 5.74) is 2.21. The standard InChI is InChI=1S/C11H14N2O/c14-8-13-11-3-1-9(2-4-11)10-5-6-12-7-10/h1-4,8,10,12H,5-7H2,(H,13,14). The van der Waals surface area contributed by atoms with E-state index in [-0.39, 0.29) is 0 Å². The molecule has 0 spiro atoms. The molecule has 1 heterocycles. The van der Waals surface area contributed by atoms with Crippen molar-refractivity contribution in [2.24, 2.45) is 0 Å². The van der Waals surface area contributed by atoms with Crippen LogP contribution in [0.1, 0.15) is 17.9 Å². The van der Waals surface area contributed by atoms with Crippen LogP contribution in [0, 0.1) is 0 Å². The number of anilines is 1. The van der Waals surface area contributed by atoms with E-state index in [0.29, 0.717) is 12.3 Å². The highest BCUT2D eigenvalue weighted by atomic mass is 16.1. The average Bonchev–Trinajstić information content (AvgIpc) is 2.72. The molecule has 1 amide bonds. The SMILES string of the molecule is O=CNc1ccc(C2CCNC2)cc1. The Kier molecular flexibility index (Phi) is 2.79. The molecule has 1 fully saturated rings. The molecule has 0 aromatic heterocycles. The second-order valence-corrected chi connectivity index (χ2v) is 3.57. The number of nitrogens with one attached hydrogen (secondary N) is 2. The van der Waals surface area contributed by atoms with E-state index in [4.69, 9.17) is 0 Å². The van der Waals surface area contributed by atoms with Crippen molar-refractivity contribution in [3.05, 3.63) is 29.8 Å². The normalized spacial score (nSPS) is 20.7. The van der Waals surface area contributed by atoms with E-state index in [0.717, 1.165) is 18.8 Å². The van der Waals surface area contributed by atoms with Crippen molar-refractivity contribution in [2.75, 3.05) is 18.4 Å². The fourth-order valence-corrected chi connectivity index (χ4v) is 1.86. The van der Waals surface area contributed by atoms with Crippen molar-refractivity contribution in [3.63, 3.8) is 0 Å². The zero-order valence-corrected chi connectivity index (χ0v) is 7.99. The van der Waals surface area contributed by atoms with Crippen molar-refractivity contribution in [2.45, 2.75) is 12.3 Å². The first-order valence-electron chi connectivity index (χ1n) is 4.91. The molecule has 3 nitrogen and oxygen atoms in total. The molecule has 1 aliphatic heterocycles. The number of hydrogen-bond acceptors (Lipinski definition) is 2. The minimum Gasteiger partial charge on any atom is -0.329 e. The molecule has 1 unspecified atom stereocenters. The summed E-state index contributed by atoms with van der Waals surface area (Å²) in [5, 5.41) is 5.97. The largest absolute Gasteiger partial charge is 0.329 e. The van der Waals surface area contributed by atoms with Crippen LogP contribution in [0.5, 0.6) is 0 Å². The summed E-state index contributed by atoms with van der Waals surface area (Å²) in [6, 6.07) is 8.07. The Morgan fingerprint density at radius 2 is 2.14 bits per heavy atom. The highest BCUT2D eigenvalue weighted by Gasteiger charge is 2.15. The van der Waals surface area contributed by atoms with Crippen LogP contribution in [0.15, 0.2) is 24.3 Å². The van der Waals surface area contributed by atoms with Crippen LogP contribution in [0.3, 0.4) is 0 Å². The minimum atomic E-state index is 0.639. The minimum absolute atomic E-state index is 0.639. The van der Waals surface area contributed by atoms with Crippen molar-refractivity contribution >= 4 is 12.1 Å². The van der Waals surface area contributed by atoms with Crippen molar-refractivity contribution < 1.29 is 4.79 Å². The lowest BCUT2D eigenvalue weighted by Crippen LogP contribution is -2.07. The Morgan fingerprint density at radius 1 is 1.36 bits per heavy atom. The predicted molar refractivity (Wildman–Crippen MR) is 56.4 cm³/mol. The predicted octanol–water partition coefficient (Wildman–Crippen LogP) is 1.33. The Bertz CT molecular complexity index is 302. The highest BCUT2D eigenvalue weighted by molar-refractivity contribution is 5.71. The molecule has 74 valence electrons. The second kappa shape index (κ2) is 4.24. The maximum absolute atomic E-state index is 10.2. The first-order valence-corrected chi connectivity index (χ1v) is 4.91. The van der Waals surface area contributed by atoms with Crippen molar-refractivity contribution in [3.8, 4) is 0 Å². The lowest BCUT2D eigenvalue weighted by Gasteiger charge is -2.08. The molecule has 1 atom stereocenters. The average molecular weight is 190 g/mol. The van der Waals surface area contributed by atoms with Crippen LogP contribution in [0.25, 0.3) is 0 Å². The summed E-state index contributed by atoms with van der Waals surface area (Å²) in [7, 11) is 0. The Morgan fingerprint density at radius 3 is 2.71 bits per heavy atom. The van der Waals surface area contributed by atoms with Gasteiger partial charge in [0.25, 0.3) is 0 Å². The lowest BCUT2D eigenvalue weighted by atomic mass is 9.98. The van der Waals surface area contributed by atoms with Gasteiger partial charge in [0, 0.05) is 12.2 Å². The van der Waals surface area contributed by atoms with E-state index in [1.807, 2.05) is 12.1 Å². The van der Waals surface area contributed by atoms with Crippen LogP contribution in [-0.4, -0.2) is 19.5 Å². The Balaban J connectivity index is 2.08. The molecule has 0 saturated carbocycles. The first kappa shape index (κ1) is 9.21. The summed E-state index contributed by atoms with van der Waals surface area (Å²) in [6.07, 6.45) is 1.91. The van der Waals surface area contributed by atoms with Gasteiger partial charge in [-0.25, -0.2) is 0 Å². The van der Waals surface area contributed by atoms with Crippen molar-refractivity contribution in [1.29, 1.82) is 0 Å². The zero-order valence-electron chi connectivity index (χ0n) is 7.99. The maximum Gasteiger partial charge on any atom is 0.211 e. The third-order valence-electron chi connectivity index (χ3n) is 2.67. The number of amides is 1. The summed E-state index contributed by atoms with van der Waals surface area (Å²) < 4.78 is 0. The van der Waals surface area contributed by atoms with Gasteiger partial charge in [0.1, 0.15) is 0 Å². The van der Waals surface area contributed by atoms with Gasteiger partial charge in [-0.05, 0) is 36.6 Å². The van der Waals surface area contributed by atoms with Crippen molar-refractivity contribution in [1.82, 2.24) is 5.32 Å². The molecule has 2 rings (SSSR count). The number of rotatable bonds is 3. The molecule has 0 aliphatic carbocycles. The number of carbonyl (C=O) groups is 1. The maximum atomic E-state index is 10.2. The van der Waals surface area contributed by atoms with E-state index in [1.54, 1.807) is 0 Å². The van der Waals surface area contributed by atoms with Gasteiger partial charge < -0.3 is 10.6 Å². The van der Waals surface area contributed by atoms with Gasteiger partial charge >= 0.3 is 0 Å². The first-order chi connectivity index (χ1) is 6.90. The fourth-order valence-electron chi connectivity index (χ4n) is 1.86. The quantitative estimate of drug-likeness (QED) is 0.706. The molecule has 3 heteroatoms. The molecule has 0 bridgehead atoms. The lowest BCUT2D eigenvalue weighted by molar-refractivity contribution is -0.105. The Hall–Kier alpha value is -1.35. The summed E-state index contributed by atoms with van der Waals surface area (Å²) in [4.78, 5) is 10.2. The topological polar surface area (TPSA) is 41.1 Å². The smallest absolute Gasteiger partial charge is 0.211 e. The number of hydrogen-bond donors (Lipinski definition) is 2. The van der Waals surface area contributed by atoms with E-state index < -0.39 is 0 Å². The molecule has 1 aromatic carbocycles. The van der Waals surface area contributed by atoms with Crippen LogP contribution in [0.4, 0.5) is 5.69 Å². The van der Waals surface area contributed by atoms with Gasteiger partial charge in [-0.2, -0.15) is 0 Å². The highest BCUT2D eigenvalue weighted by Crippen LogP contribution is 2.23. The van der Waals surface area contributed by atoms with Crippen LogP contribution >= 0.6 is 0 Å². The zero-order chi connectivity index (χ0) is 9.80. The molecule has 0 radical (unpaired) electrons. The number of carbonyl (C=O) groups excluding carboxylic acids is 1. The van der Waals surface area contributed by atoms with Gasteiger partial charge in [0.15, 0.2) is 0 Å². The molecule has 2 N–H and O–H groups in total. The van der Waals surface area contributed by atoms with Crippen LogP contribution in [-0.2, 0) is 4.79 Å². The van der Waals surface area contributed by atoms with Gasteiger partial charge in [0.05, 0.1) is 0 Å². The van der Waals surface area contributed by atoms with Gasteiger partial charge in [-0.3, -0.25) is 4.79 Å². The molecule has 14 heavy (non-hydrogen) atoms. The van der Waals surface area contributed by atoms with E-state index in [2.05, 4.69) is 22.8 Å². The third kappa shape index (κ3) is 1.93. The fraction of sp³-hybridized carbons (Fsp3) is 0.364. The van der Waals surface area contributed by atoms with Crippen LogP contribution < -0.4 is 10.6 Å². The number of benzene rings is 1. The summed E-state index contributed by atoms with van der Waals surface area (Å²) in [6.45, 7) is 2.18. The van der Waals surface area contributed by atoms with E-state index in [9.17, 15) is 4.79 Å². The third-order valence-corrected chi connectivity index (χ3v) is 2.67. The molecule has 1 aliphatic rings. The van der Waals surface area contributed by atoms with E-state index in [1.165, 1.54) is 12.0 Å².